The van der Waals surface area contributed by atoms with Crippen LogP contribution < -0.4 is 15.6 Å². The van der Waals surface area contributed by atoms with Gasteiger partial charge in [0.25, 0.3) is 5.56 Å². The zero-order valence-corrected chi connectivity index (χ0v) is 20.8. The van der Waals surface area contributed by atoms with Crippen LogP contribution >= 0.6 is 0 Å². The van der Waals surface area contributed by atoms with Crippen LogP contribution in [0.3, 0.4) is 0 Å². The molecule has 0 bridgehead atoms. The largest absolute Gasteiger partial charge is 0.496 e. The number of H-pyrrole nitrogens is 1. The van der Waals surface area contributed by atoms with E-state index < -0.39 is 17.5 Å². The number of carbonyl (C=O) groups is 1. The normalized spacial score (nSPS) is 12.3. The van der Waals surface area contributed by atoms with Gasteiger partial charge in [-0.2, -0.15) is 5.10 Å². The van der Waals surface area contributed by atoms with Crippen LogP contribution in [0.5, 0.6) is 5.75 Å². The number of amides is 1. The number of ether oxygens (including phenoxy) is 2. The lowest BCUT2D eigenvalue weighted by atomic mass is 9.97. The highest BCUT2D eigenvalue weighted by atomic mass is 19.1. The van der Waals surface area contributed by atoms with Gasteiger partial charge in [0.1, 0.15) is 17.4 Å². The Morgan fingerprint density at radius 1 is 1.16 bits per heavy atom. The van der Waals surface area contributed by atoms with E-state index in [1.807, 2.05) is 12.1 Å². The summed E-state index contributed by atoms with van der Waals surface area (Å²) in [6, 6.07) is 13.5. The molecule has 0 saturated heterocycles. The van der Waals surface area contributed by atoms with Crippen molar-refractivity contribution in [3.63, 3.8) is 0 Å². The van der Waals surface area contributed by atoms with Gasteiger partial charge in [-0.15, -0.1) is 0 Å². The molecular weight excluding hydrogens is 491 g/mol. The number of benzene rings is 3. The number of aromatic nitrogens is 2. The number of hydrogen-bond acceptors (Lipinski definition) is 7. The minimum atomic E-state index is -0.564. The number of aromatic amines is 1. The van der Waals surface area contributed by atoms with Crippen molar-refractivity contribution in [2.75, 3.05) is 13.7 Å². The maximum absolute atomic E-state index is 15.0. The average molecular weight is 517 g/mol. The standard InChI is InChI=1S/C28H25FN4O5/c1-3-38-28(36)31-25-13-18-6-5-17(12-22(18)30-25)19-8-15(4-7-21(19)29)10-23-26-20(27(35)33-32-23)9-16(14-34)11-24(26)37-2/h4-9,11-12,34H,3,10,13-14H2,1-2H3,(H,33,35)(H,30,31,36). The quantitative estimate of drug-likeness (QED) is 0.354. The van der Waals surface area contributed by atoms with Crippen LogP contribution in [0.15, 0.2) is 58.3 Å². The highest BCUT2D eigenvalue weighted by Crippen LogP contribution is 2.34. The number of methoxy groups -OCH3 is 1. The maximum Gasteiger partial charge on any atom is 0.412 e. The van der Waals surface area contributed by atoms with Crippen molar-refractivity contribution in [1.82, 2.24) is 15.5 Å². The maximum atomic E-state index is 15.0. The number of aliphatic imine (C=N–C) groups is 1. The van der Waals surface area contributed by atoms with Gasteiger partial charge in [0.2, 0.25) is 0 Å². The molecule has 2 heterocycles. The lowest BCUT2D eigenvalue weighted by molar-refractivity contribution is 0.157. The van der Waals surface area contributed by atoms with Crippen LogP contribution in [0, 0.1) is 5.82 Å². The summed E-state index contributed by atoms with van der Waals surface area (Å²) in [4.78, 5) is 28.7. The minimum Gasteiger partial charge on any atom is -0.496 e. The zero-order chi connectivity index (χ0) is 26.8. The van der Waals surface area contributed by atoms with Crippen molar-refractivity contribution in [2.45, 2.75) is 26.4 Å². The monoisotopic (exact) mass is 516 g/mol. The first-order valence-electron chi connectivity index (χ1n) is 12.0. The molecule has 3 N–H and O–H groups in total. The number of hydrogen-bond donors (Lipinski definition) is 3. The Labute approximate surface area is 217 Å². The Morgan fingerprint density at radius 3 is 2.76 bits per heavy atom. The van der Waals surface area contributed by atoms with E-state index in [-0.39, 0.29) is 13.2 Å². The van der Waals surface area contributed by atoms with Gasteiger partial charge >= 0.3 is 6.09 Å². The minimum absolute atomic E-state index is 0.240. The molecule has 1 amide bonds. The van der Waals surface area contributed by atoms with E-state index in [1.165, 1.54) is 13.2 Å². The van der Waals surface area contributed by atoms with Crippen molar-refractivity contribution >= 4 is 28.4 Å². The van der Waals surface area contributed by atoms with Crippen molar-refractivity contribution in [3.05, 3.63) is 87.1 Å². The molecule has 194 valence electrons. The molecule has 1 aliphatic rings. The predicted octanol–water partition coefficient (Wildman–Crippen LogP) is 4.15. The summed E-state index contributed by atoms with van der Waals surface area (Å²) >= 11 is 0. The summed E-state index contributed by atoms with van der Waals surface area (Å²) in [5, 5.41) is 19.8. The van der Waals surface area contributed by atoms with Gasteiger partial charge < -0.3 is 14.6 Å². The van der Waals surface area contributed by atoms with Gasteiger partial charge in [-0.3, -0.25) is 10.1 Å². The van der Waals surface area contributed by atoms with Crippen LogP contribution in [0.1, 0.15) is 29.3 Å². The Bertz CT molecular complexity index is 1650. The summed E-state index contributed by atoms with van der Waals surface area (Å²) < 4.78 is 25.4. The van der Waals surface area contributed by atoms with Crippen LogP contribution in [0.2, 0.25) is 0 Å². The van der Waals surface area contributed by atoms with Crippen LogP contribution in [0.4, 0.5) is 14.9 Å². The fourth-order valence-corrected chi connectivity index (χ4v) is 4.57. The van der Waals surface area contributed by atoms with Gasteiger partial charge in [0.05, 0.1) is 42.5 Å². The fourth-order valence-electron chi connectivity index (χ4n) is 4.57. The number of alkyl carbamates (subject to hydrolysis) is 1. The number of nitrogens with zero attached hydrogens (tertiary/aromatic N) is 2. The molecule has 0 saturated carbocycles. The molecule has 9 nitrogen and oxygen atoms in total. The lowest BCUT2D eigenvalue weighted by Gasteiger charge is -2.12. The average Bonchev–Trinajstić information content (AvgIpc) is 3.32. The summed E-state index contributed by atoms with van der Waals surface area (Å²) in [6.07, 6.45) is 0.180. The molecule has 38 heavy (non-hydrogen) atoms. The van der Waals surface area contributed by atoms with Crippen molar-refractivity contribution < 1.29 is 23.8 Å². The van der Waals surface area contributed by atoms with E-state index in [2.05, 4.69) is 20.5 Å². The number of nitrogens with one attached hydrogen (secondary N) is 2. The van der Waals surface area contributed by atoms with E-state index in [1.54, 1.807) is 37.3 Å². The third-order valence-corrected chi connectivity index (χ3v) is 6.32. The number of fused-ring (bicyclic) bond motifs is 2. The third kappa shape index (κ3) is 4.85. The Morgan fingerprint density at radius 2 is 2.00 bits per heavy atom. The molecule has 0 radical (unpaired) electrons. The first kappa shape index (κ1) is 25.1. The molecule has 0 aliphatic carbocycles. The smallest absolute Gasteiger partial charge is 0.412 e. The van der Waals surface area contributed by atoms with Gasteiger partial charge in [-0.25, -0.2) is 19.3 Å². The van der Waals surface area contributed by atoms with Crippen molar-refractivity contribution in [1.29, 1.82) is 0 Å². The predicted molar refractivity (Wildman–Crippen MR) is 140 cm³/mol. The topological polar surface area (TPSA) is 126 Å². The first-order chi connectivity index (χ1) is 18.4. The molecule has 4 aromatic rings. The molecule has 0 unspecified atom stereocenters. The van der Waals surface area contributed by atoms with Crippen LogP contribution in [-0.2, 0) is 24.2 Å². The molecule has 1 aromatic heterocycles. The van der Waals surface area contributed by atoms with Gasteiger partial charge in [0, 0.05) is 18.4 Å². The number of halogens is 1. The number of rotatable bonds is 6. The van der Waals surface area contributed by atoms with E-state index in [9.17, 15) is 19.1 Å². The van der Waals surface area contributed by atoms with Gasteiger partial charge in [0.15, 0.2) is 0 Å². The molecular formula is C28H25FN4O5. The molecule has 1 aliphatic heterocycles. The van der Waals surface area contributed by atoms with Crippen molar-refractivity contribution in [3.8, 4) is 16.9 Å². The molecule has 0 spiro atoms. The summed E-state index contributed by atoms with van der Waals surface area (Å²) in [5.74, 6) is 0.496. The molecule has 0 atom stereocenters. The van der Waals surface area contributed by atoms with E-state index in [0.29, 0.717) is 63.3 Å². The van der Waals surface area contributed by atoms with Gasteiger partial charge in [-0.05, 0) is 59.5 Å². The molecule has 10 heteroatoms. The van der Waals surface area contributed by atoms with E-state index in [0.717, 1.165) is 11.1 Å². The third-order valence-electron chi connectivity index (χ3n) is 6.32. The van der Waals surface area contributed by atoms with Gasteiger partial charge in [-0.1, -0.05) is 18.2 Å². The first-order valence-corrected chi connectivity index (χ1v) is 12.0. The van der Waals surface area contributed by atoms with E-state index in [4.69, 9.17) is 9.47 Å². The highest BCUT2D eigenvalue weighted by molar-refractivity contribution is 6.01. The Kier molecular flexibility index (Phi) is 6.89. The second kappa shape index (κ2) is 10.4. The van der Waals surface area contributed by atoms with E-state index >= 15 is 0 Å². The lowest BCUT2D eigenvalue weighted by Crippen LogP contribution is -2.30. The second-order valence-electron chi connectivity index (χ2n) is 8.79. The number of aliphatic hydroxyl groups is 1. The van der Waals surface area contributed by atoms with Crippen LogP contribution in [0.25, 0.3) is 21.9 Å². The summed E-state index contributed by atoms with van der Waals surface area (Å²) in [5.41, 5.74) is 4.04. The van der Waals surface area contributed by atoms with Crippen LogP contribution in [-0.4, -0.2) is 40.9 Å². The molecule has 0 fully saturated rings. The summed E-state index contributed by atoms with van der Waals surface area (Å²) in [6.45, 7) is 1.74. The SMILES string of the molecule is CCOC(=O)NC1=Nc2cc(-c3cc(Cc4n[nH]c(=O)c5cc(CO)cc(OC)c45)ccc3F)ccc2C1. The Balaban J connectivity index is 1.49. The number of aliphatic hydroxyl groups excluding tert-OH is 1. The number of amidine groups is 1. The van der Waals surface area contributed by atoms with Crippen molar-refractivity contribution in [2.24, 2.45) is 4.99 Å². The molecule has 3 aromatic carbocycles. The molecule has 5 rings (SSSR count). The Hall–Kier alpha value is -4.57. The zero-order valence-electron chi connectivity index (χ0n) is 20.8. The second-order valence-corrected chi connectivity index (χ2v) is 8.79. The number of carbonyl (C=O) groups excluding carboxylic acids is 1. The fraction of sp³-hybridized carbons (Fsp3) is 0.214. The summed E-state index contributed by atoms with van der Waals surface area (Å²) in [7, 11) is 1.49. The highest BCUT2D eigenvalue weighted by Gasteiger charge is 2.19.